The van der Waals surface area contributed by atoms with Crippen molar-refractivity contribution in [3.05, 3.63) is 131 Å². The molecule has 4 aliphatic heterocycles. The molecule has 0 aromatic heterocycles. The van der Waals surface area contributed by atoms with Gasteiger partial charge in [-0.05, 0) is 65.4 Å². The van der Waals surface area contributed by atoms with Crippen LogP contribution in [-0.2, 0) is 24.5 Å². The third-order valence-corrected chi connectivity index (χ3v) is 11.8. The number of aliphatic hydroxyl groups is 2. The van der Waals surface area contributed by atoms with Crippen LogP contribution in [-0.4, -0.2) is 76.7 Å². The van der Waals surface area contributed by atoms with Crippen molar-refractivity contribution in [2.45, 2.75) is 68.2 Å². The standard InChI is InChI=1S/C46H47N3O7/c50-27-13-10-14-31-19-24-37-36(30-31)46(45(54)47-37)38(43(52)48-25-11-2-1-3-12-26-48)40-44(53)56-41(33-17-8-5-9-18-33)39(32-15-6-4-7-16-32)49(40)42(46)34-20-22-35(23-21-34)55-29-28-51/h4-9,15-24,30,38-42,50-51H,1-3,11-13,25-29H2,(H,47,54)/t38-,39-,40-,41+,42+,46-/m0/s1. The highest BCUT2D eigenvalue weighted by Gasteiger charge is 2.74. The van der Waals surface area contributed by atoms with Gasteiger partial charge in [0.1, 0.15) is 29.9 Å². The smallest absolute Gasteiger partial charge is 0.324 e. The first-order valence-electron chi connectivity index (χ1n) is 19.7. The fraction of sp³-hybridized carbons (Fsp3) is 0.370. The normalized spacial score (nSPS) is 25.9. The summed E-state index contributed by atoms with van der Waals surface area (Å²) in [5.41, 5.74) is 2.58. The lowest BCUT2D eigenvalue weighted by Crippen LogP contribution is -2.55. The molecule has 8 rings (SSSR count). The highest BCUT2D eigenvalue weighted by atomic mass is 16.6. The van der Waals surface area contributed by atoms with Gasteiger partial charge in [-0.2, -0.15) is 0 Å². The Labute approximate surface area is 327 Å². The van der Waals surface area contributed by atoms with Gasteiger partial charge in [0.05, 0.1) is 31.2 Å². The zero-order valence-corrected chi connectivity index (χ0v) is 31.3. The molecule has 3 fully saturated rings. The van der Waals surface area contributed by atoms with Gasteiger partial charge in [-0.3, -0.25) is 19.3 Å². The molecule has 56 heavy (non-hydrogen) atoms. The molecule has 10 heteroatoms. The van der Waals surface area contributed by atoms with Crippen LogP contribution < -0.4 is 10.1 Å². The van der Waals surface area contributed by atoms with Crippen molar-refractivity contribution in [3.8, 4) is 17.6 Å². The molecular weight excluding hydrogens is 707 g/mol. The molecule has 0 bridgehead atoms. The van der Waals surface area contributed by atoms with Crippen molar-refractivity contribution in [3.63, 3.8) is 0 Å². The van der Waals surface area contributed by atoms with Crippen molar-refractivity contribution in [2.75, 3.05) is 38.2 Å². The number of morpholine rings is 1. The molecule has 4 aromatic rings. The van der Waals surface area contributed by atoms with Gasteiger partial charge in [-0.25, -0.2) is 0 Å². The minimum Gasteiger partial charge on any atom is -0.491 e. The molecule has 3 N–H and O–H groups in total. The molecule has 288 valence electrons. The van der Waals surface area contributed by atoms with Gasteiger partial charge >= 0.3 is 5.97 Å². The maximum Gasteiger partial charge on any atom is 0.324 e. The monoisotopic (exact) mass is 753 g/mol. The van der Waals surface area contributed by atoms with Crippen LogP contribution in [0.4, 0.5) is 5.69 Å². The van der Waals surface area contributed by atoms with Gasteiger partial charge in [0.2, 0.25) is 11.8 Å². The molecule has 0 unspecified atom stereocenters. The van der Waals surface area contributed by atoms with Gasteiger partial charge in [0, 0.05) is 30.8 Å². The van der Waals surface area contributed by atoms with E-state index >= 15 is 14.4 Å². The number of hydrogen-bond donors (Lipinski definition) is 3. The summed E-state index contributed by atoms with van der Waals surface area (Å²) in [6, 6.07) is 29.9. The van der Waals surface area contributed by atoms with E-state index in [0.29, 0.717) is 35.7 Å². The lowest BCUT2D eigenvalue weighted by molar-refractivity contribution is -0.179. The molecule has 4 aliphatic rings. The number of nitrogens with zero attached hydrogens (tertiary/aromatic N) is 2. The number of carbonyl (C=O) groups excluding carboxylic acids is 3. The maximum absolute atomic E-state index is 15.6. The first-order valence-corrected chi connectivity index (χ1v) is 19.7. The predicted octanol–water partition coefficient (Wildman–Crippen LogP) is 5.86. The summed E-state index contributed by atoms with van der Waals surface area (Å²) >= 11 is 0. The van der Waals surface area contributed by atoms with Crippen LogP contribution in [0.1, 0.15) is 84.5 Å². The van der Waals surface area contributed by atoms with Gasteiger partial charge in [0.15, 0.2) is 0 Å². The molecule has 4 heterocycles. The lowest BCUT2D eigenvalue weighted by Gasteiger charge is -2.46. The molecular formula is C46H47N3O7. The molecule has 0 aliphatic carbocycles. The minimum atomic E-state index is -1.60. The number of carbonyl (C=O) groups is 3. The summed E-state index contributed by atoms with van der Waals surface area (Å²) < 4.78 is 12.3. The number of fused-ring (bicyclic) bond motifs is 3. The Morgan fingerprint density at radius 3 is 2.16 bits per heavy atom. The zero-order valence-electron chi connectivity index (χ0n) is 31.3. The van der Waals surface area contributed by atoms with E-state index in [1.165, 1.54) is 0 Å². The number of esters is 1. The van der Waals surface area contributed by atoms with Crippen LogP contribution >= 0.6 is 0 Å². The van der Waals surface area contributed by atoms with E-state index in [-0.39, 0.29) is 38.1 Å². The second kappa shape index (κ2) is 16.3. The van der Waals surface area contributed by atoms with E-state index in [1.807, 2.05) is 95.9 Å². The van der Waals surface area contributed by atoms with Gasteiger partial charge in [-0.1, -0.05) is 104 Å². The molecule has 3 saturated heterocycles. The molecule has 4 aromatic carbocycles. The van der Waals surface area contributed by atoms with Crippen molar-refractivity contribution in [1.29, 1.82) is 0 Å². The van der Waals surface area contributed by atoms with Crippen LogP contribution in [0.25, 0.3) is 0 Å². The van der Waals surface area contributed by atoms with E-state index in [4.69, 9.17) is 9.47 Å². The van der Waals surface area contributed by atoms with Gasteiger partial charge < -0.3 is 29.9 Å². The van der Waals surface area contributed by atoms with Crippen molar-refractivity contribution in [2.24, 2.45) is 5.92 Å². The molecule has 1 spiro atoms. The fourth-order valence-electron chi connectivity index (χ4n) is 9.45. The fourth-order valence-corrected chi connectivity index (χ4v) is 9.45. The van der Waals surface area contributed by atoms with Gasteiger partial charge in [0.25, 0.3) is 0 Å². The Hall–Kier alpha value is -5.47. The number of hydrogen-bond acceptors (Lipinski definition) is 8. The van der Waals surface area contributed by atoms with Crippen LogP contribution in [0.5, 0.6) is 5.75 Å². The third kappa shape index (κ3) is 6.64. The number of amides is 2. The Bertz CT molecular complexity index is 2110. The van der Waals surface area contributed by atoms with Crippen LogP contribution in [0.2, 0.25) is 0 Å². The van der Waals surface area contributed by atoms with E-state index in [1.54, 1.807) is 12.1 Å². The van der Waals surface area contributed by atoms with E-state index < -0.39 is 41.5 Å². The minimum absolute atomic E-state index is 0.0867. The summed E-state index contributed by atoms with van der Waals surface area (Å²) in [5.74, 6) is 4.38. The summed E-state index contributed by atoms with van der Waals surface area (Å²) in [6.45, 7) is 0.946. The lowest BCUT2D eigenvalue weighted by atomic mass is 9.65. The highest BCUT2D eigenvalue weighted by Crippen LogP contribution is 2.65. The van der Waals surface area contributed by atoms with E-state index in [2.05, 4.69) is 22.1 Å². The summed E-state index contributed by atoms with van der Waals surface area (Å²) in [5, 5.41) is 22.1. The molecule has 0 saturated carbocycles. The Morgan fingerprint density at radius 1 is 0.804 bits per heavy atom. The molecule has 10 nitrogen and oxygen atoms in total. The van der Waals surface area contributed by atoms with Crippen molar-refractivity contribution in [1.82, 2.24) is 9.80 Å². The van der Waals surface area contributed by atoms with Crippen LogP contribution in [0.3, 0.4) is 0 Å². The van der Waals surface area contributed by atoms with Gasteiger partial charge in [-0.15, -0.1) is 0 Å². The summed E-state index contributed by atoms with van der Waals surface area (Å²) in [7, 11) is 0. The number of aliphatic hydroxyl groups excluding tert-OH is 2. The number of likely N-dealkylation sites (tertiary alicyclic amines) is 1. The van der Waals surface area contributed by atoms with E-state index in [0.717, 1.165) is 48.8 Å². The number of nitrogens with one attached hydrogen (secondary N) is 1. The number of anilines is 1. The Kier molecular flexibility index (Phi) is 10.9. The quantitative estimate of drug-likeness (QED) is 0.151. The predicted molar refractivity (Wildman–Crippen MR) is 210 cm³/mol. The largest absolute Gasteiger partial charge is 0.491 e. The summed E-state index contributed by atoms with van der Waals surface area (Å²) in [4.78, 5) is 50.1. The Balaban J connectivity index is 1.42. The van der Waals surface area contributed by atoms with Crippen molar-refractivity contribution >= 4 is 23.5 Å². The van der Waals surface area contributed by atoms with Crippen LogP contribution in [0.15, 0.2) is 103 Å². The maximum atomic E-state index is 15.6. The highest BCUT2D eigenvalue weighted by molar-refractivity contribution is 6.12. The number of ether oxygens (including phenoxy) is 2. The average Bonchev–Trinajstić information content (AvgIpc) is 3.69. The second-order valence-corrected chi connectivity index (χ2v) is 15.0. The number of rotatable bonds is 8. The van der Waals surface area contributed by atoms with E-state index in [9.17, 15) is 10.2 Å². The number of cyclic esters (lactones) is 1. The topological polar surface area (TPSA) is 129 Å². The molecule has 6 atom stereocenters. The van der Waals surface area contributed by atoms with Crippen molar-refractivity contribution < 1.29 is 34.1 Å². The third-order valence-electron chi connectivity index (χ3n) is 11.8. The number of benzene rings is 4. The van der Waals surface area contributed by atoms with Crippen LogP contribution in [0, 0.1) is 17.8 Å². The zero-order chi connectivity index (χ0) is 38.6. The summed E-state index contributed by atoms with van der Waals surface area (Å²) in [6.07, 6.45) is 4.29. The SMILES string of the molecule is O=C1O[C@H](c2ccccc2)[C@H](c2ccccc2)N2[C@H]1[C@@H](C(=O)N1CCCCCCC1)[C@]1(C(=O)Nc3ccc(C#CCCO)cc31)[C@H]2c1ccc(OCCO)cc1. The molecule has 2 amide bonds. The average molecular weight is 754 g/mol. The Morgan fingerprint density at radius 2 is 1.48 bits per heavy atom. The first kappa shape index (κ1) is 37.5. The molecule has 0 radical (unpaired) electrons. The second-order valence-electron chi connectivity index (χ2n) is 15.0. The first-order chi connectivity index (χ1) is 27.5.